The molecule has 0 saturated carbocycles. The summed E-state index contributed by atoms with van der Waals surface area (Å²) in [5.41, 5.74) is 4.88. The molecule has 96 valence electrons. The molecule has 1 rings (SSSR count). The Morgan fingerprint density at radius 2 is 1.71 bits per heavy atom. The predicted molar refractivity (Wildman–Crippen MR) is 81.0 cm³/mol. The highest BCUT2D eigenvalue weighted by Crippen LogP contribution is 2.33. The quantitative estimate of drug-likeness (QED) is 0.531. The van der Waals surface area contributed by atoms with Crippen molar-refractivity contribution >= 4 is 16.4 Å². The summed E-state index contributed by atoms with van der Waals surface area (Å²) >= 11 is 0. The molecule has 0 saturated heterocycles. The minimum atomic E-state index is -1.45. The van der Waals surface area contributed by atoms with Crippen LogP contribution in [-0.2, 0) is 4.43 Å². The number of allylic oxidation sites excluding steroid dienone is 2. The Kier molecular flexibility index (Phi) is 4.32. The highest BCUT2D eigenvalue weighted by Gasteiger charge is 2.26. The van der Waals surface area contributed by atoms with E-state index in [2.05, 4.69) is 57.7 Å². The first-order chi connectivity index (χ1) is 7.58. The van der Waals surface area contributed by atoms with Crippen molar-refractivity contribution in [1.29, 1.82) is 0 Å². The summed E-state index contributed by atoms with van der Waals surface area (Å²) in [5, 5.41) is 0. The van der Waals surface area contributed by atoms with Gasteiger partial charge < -0.3 is 4.43 Å². The van der Waals surface area contributed by atoms with E-state index in [9.17, 15) is 0 Å². The molecule has 1 aliphatic carbocycles. The van der Waals surface area contributed by atoms with Crippen molar-refractivity contribution < 1.29 is 4.43 Å². The Labute approximate surface area is 109 Å². The minimum Gasteiger partial charge on any atom is -0.547 e. The van der Waals surface area contributed by atoms with Crippen molar-refractivity contribution in [3.63, 3.8) is 0 Å². The van der Waals surface area contributed by atoms with E-state index in [0.29, 0.717) is 5.92 Å². The van der Waals surface area contributed by atoms with Crippen molar-refractivity contribution in [2.45, 2.75) is 59.0 Å². The lowest BCUT2D eigenvalue weighted by molar-refractivity contribution is 0.404. The molecule has 0 aromatic carbocycles. The maximum atomic E-state index is 6.14. The molecule has 0 heterocycles. The fourth-order valence-corrected chi connectivity index (χ4v) is 3.48. The zero-order valence-corrected chi connectivity index (χ0v) is 14.4. The van der Waals surface area contributed by atoms with Gasteiger partial charge in [-0.1, -0.05) is 19.6 Å². The van der Waals surface area contributed by atoms with Crippen LogP contribution in [0.1, 0.15) is 19.8 Å². The number of hydrogen-bond donors (Lipinski definition) is 0. The Morgan fingerprint density at radius 1 is 1.12 bits per heavy atom. The zero-order valence-electron chi connectivity index (χ0n) is 12.4. The minimum absolute atomic E-state index is 0.452. The van der Waals surface area contributed by atoms with Gasteiger partial charge >= 0.3 is 0 Å². The lowest BCUT2D eigenvalue weighted by Gasteiger charge is -2.21. The van der Waals surface area contributed by atoms with Crippen LogP contribution in [0.15, 0.2) is 11.3 Å². The molecule has 1 nitrogen and oxygen atoms in total. The number of hydrogen-bond acceptors (Lipinski definition) is 1. The Hall–Kier alpha value is -0.466. The van der Waals surface area contributed by atoms with E-state index in [0.717, 1.165) is 12.8 Å². The van der Waals surface area contributed by atoms with Crippen LogP contribution in [0.3, 0.4) is 0 Å². The molecule has 3 heteroatoms. The van der Waals surface area contributed by atoms with Gasteiger partial charge in [-0.25, -0.2) is 0 Å². The summed E-state index contributed by atoms with van der Waals surface area (Å²) in [6.45, 7) is 15.8. The molecule has 0 fully saturated rings. The third kappa shape index (κ3) is 5.14. The Balaban J connectivity index is 2.77. The molecule has 0 aromatic rings. The highest BCUT2D eigenvalue weighted by molar-refractivity contribution is 6.83. The molecule has 0 amide bonds. The maximum Gasteiger partial charge on any atom is 0.241 e. The molecule has 0 spiro atoms. The molecule has 1 atom stereocenters. The first-order valence-corrected chi connectivity index (χ1v) is 13.4. The lowest BCUT2D eigenvalue weighted by Crippen LogP contribution is -2.24. The van der Waals surface area contributed by atoms with Gasteiger partial charge in [0.25, 0.3) is 0 Å². The van der Waals surface area contributed by atoms with Crippen LogP contribution in [-0.4, -0.2) is 16.4 Å². The largest absolute Gasteiger partial charge is 0.547 e. The third-order valence-electron chi connectivity index (χ3n) is 2.67. The smallest absolute Gasteiger partial charge is 0.241 e. The van der Waals surface area contributed by atoms with Gasteiger partial charge in [0.15, 0.2) is 0 Å². The molecule has 0 N–H and O–H groups in total. The summed E-state index contributed by atoms with van der Waals surface area (Å²) in [5.74, 6) is 5.16. The summed E-state index contributed by atoms with van der Waals surface area (Å²) in [4.78, 5) is 0. The maximum absolute atomic E-state index is 6.14. The molecule has 0 radical (unpaired) electrons. The second-order valence-electron chi connectivity index (χ2n) is 6.93. The molecule has 0 aliphatic heterocycles. The SMILES string of the molecule is CC1=C(O[Si](C)(C)C)CCC1C#C[Si](C)(C)C. The van der Waals surface area contributed by atoms with Gasteiger partial charge in [-0.05, 0) is 38.6 Å². The van der Waals surface area contributed by atoms with Crippen LogP contribution in [0.2, 0.25) is 39.3 Å². The summed E-state index contributed by atoms with van der Waals surface area (Å²) in [6.07, 6.45) is 2.24. The zero-order chi connectivity index (χ0) is 13.3. The molecular weight excluding hydrogens is 240 g/mol. The fraction of sp³-hybridized carbons (Fsp3) is 0.714. The van der Waals surface area contributed by atoms with Crippen molar-refractivity contribution in [2.24, 2.45) is 5.92 Å². The van der Waals surface area contributed by atoms with E-state index in [1.165, 1.54) is 11.3 Å². The molecule has 17 heavy (non-hydrogen) atoms. The van der Waals surface area contributed by atoms with Crippen LogP contribution in [0.5, 0.6) is 0 Å². The van der Waals surface area contributed by atoms with Crippen LogP contribution in [0.25, 0.3) is 0 Å². The van der Waals surface area contributed by atoms with Crippen LogP contribution in [0.4, 0.5) is 0 Å². The van der Waals surface area contributed by atoms with Gasteiger partial charge in [0.1, 0.15) is 8.07 Å². The Morgan fingerprint density at radius 3 is 2.18 bits per heavy atom. The van der Waals surface area contributed by atoms with Crippen molar-refractivity contribution in [3.8, 4) is 11.5 Å². The normalized spacial score (nSPS) is 21.2. The van der Waals surface area contributed by atoms with Crippen molar-refractivity contribution in [1.82, 2.24) is 0 Å². The fourth-order valence-electron chi connectivity index (χ4n) is 1.87. The highest BCUT2D eigenvalue weighted by atomic mass is 28.4. The van der Waals surface area contributed by atoms with Crippen LogP contribution in [0, 0.1) is 17.4 Å². The Bertz CT molecular complexity index is 372. The predicted octanol–water partition coefficient (Wildman–Crippen LogP) is 4.40. The standard InChI is InChI=1S/C14H26OSi2/c1-12-13(10-11-16(2,3)4)8-9-14(12)15-17(5,6)7/h13H,8-9H2,1-7H3. The second kappa shape index (κ2) is 5.03. The molecule has 0 bridgehead atoms. The topological polar surface area (TPSA) is 9.23 Å². The van der Waals surface area contributed by atoms with E-state index >= 15 is 0 Å². The van der Waals surface area contributed by atoms with Gasteiger partial charge in [-0.15, -0.1) is 11.5 Å². The van der Waals surface area contributed by atoms with Crippen molar-refractivity contribution in [2.75, 3.05) is 0 Å². The van der Waals surface area contributed by atoms with E-state index < -0.39 is 16.4 Å². The van der Waals surface area contributed by atoms with Gasteiger partial charge in [-0.3, -0.25) is 0 Å². The summed E-state index contributed by atoms with van der Waals surface area (Å²) < 4.78 is 6.14. The third-order valence-corrected chi connectivity index (χ3v) is 4.43. The first kappa shape index (κ1) is 14.6. The summed E-state index contributed by atoms with van der Waals surface area (Å²) in [6, 6.07) is 0. The first-order valence-electron chi connectivity index (χ1n) is 6.50. The van der Waals surface area contributed by atoms with E-state index in [1.54, 1.807) is 0 Å². The molecular formula is C14H26OSi2. The summed E-state index contributed by atoms with van der Waals surface area (Å²) in [7, 11) is -2.69. The second-order valence-corrected chi connectivity index (χ2v) is 16.1. The van der Waals surface area contributed by atoms with Gasteiger partial charge in [0, 0.05) is 12.3 Å². The lowest BCUT2D eigenvalue weighted by atomic mass is 10.1. The van der Waals surface area contributed by atoms with Gasteiger partial charge in [0.05, 0.1) is 5.76 Å². The molecule has 1 aliphatic rings. The van der Waals surface area contributed by atoms with E-state index in [-0.39, 0.29) is 0 Å². The van der Waals surface area contributed by atoms with E-state index in [4.69, 9.17) is 4.43 Å². The average molecular weight is 267 g/mol. The molecule has 1 unspecified atom stereocenters. The number of rotatable bonds is 2. The molecule has 0 aromatic heterocycles. The van der Waals surface area contributed by atoms with Crippen molar-refractivity contribution in [3.05, 3.63) is 11.3 Å². The van der Waals surface area contributed by atoms with Crippen LogP contribution >= 0.6 is 0 Å². The average Bonchev–Trinajstić information content (AvgIpc) is 2.41. The van der Waals surface area contributed by atoms with Crippen LogP contribution < -0.4 is 0 Å². The van der Waals surface area contributed by atoms with E-state index in [1.807, 2.05) is 0 Å². The monoisotopic (exact) mass is 266 g/mol. The van der Waals surface area contributed by atoms with Gasteiger partial charge in [0.2, 0.25) is 8.32 Å². The van der Waals surface area contributed by atoms with Gasteiger partial charge in [-0.2, -0.15) is 0 Å².